The van der Waals surface area contributed by atoms with Crippen molar-refractivity contribution in [2.75, 3.05) is 40.0 Å². The first-order valence-corrected chi connectivity index (χ1v) is 6.02. The molecular formula is C11H21N3O2. The largest absolute Gasteiger partial charge is 0.376 e. The maximum atomic E-state index is 5.54. The van der Waals surface area contributed by atoms with Crippen LogP contribution in [0.5, 0.6) is 0 Å². The van der Waals surface area contributed by atoms with Gasteiger partial charge in [-0.05, 0) is 18.8 Å². The normalized spacial score (nSPS) is 26.6. The van der Waals surface area contributed by atoms with Gasteiger partial charge < -0.3 is 20.1 Å². The Morgan fingerprint density at radius 2 is 2.06 bits per heavy atom. The third kappa shape index (κ3) is 3.98. The predicted molar refractivity (Wildman–Crippen MR) is 62.6 cm³/mol. The highest BCUT2D eigenvalue weighted by Gasteiger charge is 2.21. The maximum Gasteiger partial charge on any atom is 0.191 e. The van der Waals surface area contributed by atoms with Crippen molar-refractivity contribution in [3.8, 4) is 0 Å². The topological polar surface area (TPSA) is 54.9 Å². The van der Waals surface area contributed by atoms with Gasteiger partial charge in [-0.15, -0.1) is 0 Å². The number of nitrogens with zero attached hydrogens (tertiary/aromatic N) is 1. The van der Waals surface area contributed by atoms with E-state index in [0.29, 0.717) is 19.8 Å². The smallest absolute Gasteiger partial charge is 0.191 e. The van der Waals surface area contributed by atoms with Crippen LogP contribution in [-0.4, -0.2) is 52.0 Å². The van der Waals surface area contributed by atoms with Crippen LogP contribution in [0.3, 0.4) is 0 Å². The van der Waals surface area contributed by atoms with Crippen molar-refractivity contribution >= 4 is 5.96 Å². The van der Waals surface area contributed by atoms with E-state index in [4.69, 9.17) is 9.47 Å². The van der Waals surface area contributed by atoms with Crippen molar-refractivity contribution in [3.63, 3.8) is 0 Å². The van der Waals surface area contributed by atoms with Gasteiger partial charge in [-0.1, -0.05) is 0 Å². The highest BCUT2D eigenvalue weighted by molar-refractivity contribution is 5.79. The first kappa shape index (κ1) is 11.7. The second kappa shape index (κ2) is 6.06. The predicted octanol–water partition coefficient (Wildman–Crippen LogP) is -0.0232. The van der Waals surface area contributed by atoms with Crippen LogP contribution in [0.2, 0.25) is 0 Å². The molecule has 0 aromatic carbocycles. The van der Waals surface area contributed by atoms with E-state index >= 15 is 0 Å². The first-order chi connectivity index (χ1) is 7.88. The zero-order valence-electron chi connectivity index (χ0n) is 9.87. The van der Waals surface area contributed by atoms with Crippen molar-refractivity contribution in [3.05, 3.63) is 0 Å². The summed E-state index contributed by atoms with van der Waals surface area (Å²) in [6, 6.07) is 0. The third-order valence-corrected chi connectivity index (χ3v) is 2.86. The molecule has 0 amide bonds. The minimum atomic E-state index is 0.147. The quantitative estimate of drug-likeness (QED) is 0.523. The van der Waals surface area contributed by atoms with Gasteiger partial charge in [0.15, 0.2) is 5.96 Å². The molecule has 1 saturated carbocycles. The van der Waals surface area contributed by atoms with Gasteiger partial charge in [0, 0.05) is 20.1 Å². The molecule has 5 heteroatoms. The van der Waals surface area contributed by atoms with Crippen molar-refractivity contribution < 1.29 is 9.47 Å². The van der Waals surface area contributed by atoms with Gasteiger partial charge in [0.1, 0.15) is 0 Å². The van der Waals surface area contributed by atoms with Crippen molar-refractivity contribution in [1.29, 1.82) is 0 Å². The van der Waals surface area contributed by atoms with E-state index in [1.165, 1.54) is 12.8 Å². The number of hydrogen-bond donors (Lipinski definition) is 2. The molecule has 1 atom stereocenters. The molecule has 16 heavy (non-hydrogen) atoms. The first-order valence-electron chi connectivity index (χ1n) is 6.02. The Kier molecular flexibility index (Phi) is 4.42. The minimum Gasteiger partial charge on any atom is -0.376 e. The zero-order chi connectivity index (χ0) is 11.2. The standard InChI is InChI=1S/C11H21N3O2/c1-12-11(13-6-9-2-3-9)14-7-10-8-15-4-5-16-10/h9-10H,2-8H2,1H3,(H2,12,13,14). The van der Waals surface area contributed by atoms with Gasteiger partial charge in [-0.25, -0.2) is 0 Å². The molecule has 0 radical (unpaired) electrons. The average Bonchev–Trinajstić information content (AvgIpc) is 3.15. The lowest BCUT2D eigenvalue weighted by Crippen LogP contribution is -2.45. The maximum absolute atomic E-state index is 5.54. The van der Waals surface area contributed by atoms with Gasteiger partial charge >= 0.3 is 0 Å². The van der Waals surface area contributed by atoms with Crippen LogP contribution in [0.4, 0.5) is 0 Å². The minimum absolute atomic E-state index is 0.147. The van der Waals surface area contributed by atoms with E-state index in [0.717, 1.165) is 25.0 Å². The number of aliphatic imine (C=N–C) groups is 1. The van der Waals surface area contributed by atoms with Gasteiger partial charge in [-0.3, -0.25) is 4.99 Å². The number of ether oxygens (including phenoxy) is 2. The van der Waals surface area contributed by atoms with E-state index in [-0.39, 0.29) is 6.10 Å². The Balaban J connectivity index is 1.61. The van der Waals surface area contributed by atoms with Crippen molar-refractivity contribution in [2.24, 2.45) is 10.9 Å². The van der Waals surface area contributed by atoms with Crippen LogP contribution in [0.15, 0.2) is 4.99 Å². The molecule has 1 heterocycles. The summed E-state index contributed by atoms with van der Waals surface area (Å²) in [5.41, 5.74) is 0. The molecule has 0 aromatic rings. The van der Waals surface area contributed by atoms with Crippen molar-refractivity contribution in [2.45, 2.75) is 18.9 Å². The fourth-order valence-electron chi connectivity index (χ4n) is 1.65. The molecule has 2 N–H and O–H groups in total. The molecule has 1 saturated heterocycles. The summed E-state index contributed by atoms with van der Waals surface area (Å²) in [6.07, 6.45) is 2.85. The Bertz CT molecular complexity index is 235. The molecule has 0 spiro atoms. The van der Waals surface area contributed by atoms with E-state index in [9.17, 15) is 0 Å². The molecule has 92 valence electrons. The zero-order valence-corrected chi connectivity index (χ0v) is 9.87. The monoisotopic (exact) mass is 227 g/mol. The van der Waals surface area contributed by atoms with Crippen LogP contribution in [0, 0.1) is 5.92 Å². The molecule has 0 aromatic heterocycles. The van der Waals surface area contributed by atoms with Gasteiger partial charge in [0.2, 0.25) is 0 Å². The molecule has 2 fully saturated rings. The van der Waals surface area contributed by atoms with Crippen LogP contribution in [-0.2, 0) is 9.47 Å². The lowest BCUT2D eigenvalue weighted by molar-refractivity contribution is -0.0850. The molecular weight excluding hydrogens is 206 g/mol. The SMILES string of the molecule is CN=C(NCC1CC1)NCC1COCCO1. The number of rotatable bonds is 4. The Morgan fingerprint density at radius 3 is 2.69 bits per heavy atom. The molecule has 2 aliphatic rings. The van der Waals surface area contributed by atoms with Crippen LogP contribution < -0.4 is 10.6 Å². The highest BCUT2D eigenvalue weighted by Crippen LogP contribution is 2.27. The third-order valence-electron chi connectivity index (χ3n) is 2.86. The van der Waals surface area contributed by atoms with E-state index in [2.05, 4.69) is 15.6 Å². The Hall–Kier alpha value is -0.810. The summed E-state index contributed by atoms with van der Waals surface area (Å²) in [5, 5.41) is 6.57. The van der Waals surface area contributed by atoms with Gasteiger partial charge in [-0.2, -0.15) is 0 Å². The second-order valence-electron chi connectivity index (χ2n) is 4.35. The van der Waals surface area contributed by atoms with Crippen molar-refractivity contribution in [1.82, 2.24) is 10.6 Å². The van der Waals surface area contributed by atoms with E-state index < -0.39 is 0 Å². The summed E-state index contributed by atoms with van der Waals surface area (Å²) in [5.74, 6) is 1.72. The van der Waals surface area contributed by atoms with Crippen LogP contribution in [0.1, 0.15) is 12.8 Å². The second-order valence-corrected chi connectivity index (χ2v) is 4.35. The summed E-state index contributed by atoms with van der Waals surface area (Å²) in [7, 11) is 1.79. The number of guanidine groups is 1. The fraction of sp³-hybridized carbons (Fsp3) is 0.909. The molecule has 2 rings (SSSR count). The number of hydrogen-bond acceptors (Lipinski definition) is 3. The summed E-state index contributed by atoms with van der Waals surface area (Å²) >= 11 is 0. The van der Waals surface area contributed by atoms with E-state index in [1.807, 2.05) is 0 Å². The summed E-state index contributed by atoms with van der Waals surface area (Å²) < 4.78 is 10.9. The fourth-order valence-corrected chi connectivity index (χ4v) is 1.65. The summed E-state index contributed by atoms with van der Waals surface area (Å²) in [6.45, 7) is 3.87. The lowest BCUT2D eigenvalue weighted by atomic mass is 10.3. The lowest BCUT2D eigenvalue weighted by Gasteiger charge is -2.24. The highest BCUT2D eigenvalue weighted by atomic mass is 16.6. The molecule has 1 unspecified atom stereocenters. The number of nitrogens with one attached hydrogen (secondary N) is 2. The van der Waals surface area contributed by atoms with Gasteiger partial charge in [0.25, 0.3) is 0 Å². The summed E-state index contributed by atoms with van der Waals surface area (Å²) in [4.78, 5) is 4.17. The van der Waals surface area contributed by atoms with E-state index in [1.54, 1.807) is 7.05 Å². The van der Waals surface area contributed by atoms with Crippen LogP contribution >= 0.6 is 0 Å². The Morgan fingerprint density at radius 1 is 1.25 bits per heavy atom. The van der Waals surface area contributed by atoms with Gasteiger partial charge in [0.05, 0.1) is 25.9 Å². The molecule has 1 aliphatic carbocycles. The molecule has 0 bridgehead atoms. The average molecular weight is 227 g/mol. The molecule has 5 nitrogen and oxygen atoms in total. The molecule has 1 aliphatic heterocycles. The Labute approximate surface area is 96.6 Å². The van der Waals surface area contributed by atoms with Crippen LogP contribution in [0.25, 0.3) is 0 Å².